The molecule has 0 heterocycles. The van der Waals surface area contributed by atoms with E-state index in [-0.39, 0.29) is 0 Å². The van der Waals surface area contributed by atoms with Crippen molar-refractivity contribution < 1.29 is 0 Å². The van der Waals surface area contributed by atoms with Crippen molar-refractivity contribution in [3.05, 3.63) is 73.4 Å². The van der Waals surface area contributed by atoms with Gasteiger partial charge in [0, 0.05) is 0 Å². The van der Waals surface area contributed by atoms with Crippen LogP contribution in [0.25, 0.3) is 0 Å². The number of allylic oxidation sites excluding steroid dienone is 9. The molecule has 0 heteroatoms. The predicted octanol–water partition coefficient (Wildman–Crippen LogP) is 7.44. The zero-order chi connectivity index (χ0) is 18.8. The minimum atomic E-state index is 0.806. The molecule has 0 spiro atoms. The van der Waals surface area contributed by atoms with E-state index in [4.69, 9.17) is 0 Å². The van der Waals surface area contributed by atoms with Crippen LogP contribution in [0.2, 0.25) is 0 Å². The van der Waals surface area contributed by atoms with Gasteiger partial charge in [-0.15, -0.1) is 13.2 Å². The van der Waals surface area contributed by atoms with Crippen molar-refractivity contribution in [2.75, 3.05) is 0 Å². The largest absolute Gasteiger partial charge is 0.103 e. The topological polar surface area (TPSA) is 0 Å². The maximum Gasteiger partial charge on any atom is -0.0165 e. The summed E-state index contributed by atoms with van der Waals surface area (Å²) in [5.74, 6) is 6.13. The first-order valence-corrected chi connectivity index (χ1v) is 11.1. The molecule has 3 saturated carbocycles. The lowest BCUT2D eigenvalue weighted by atomic mass is 9.94. The molecule has 7 atom stereocenters. The Morgan fingerprint density at radius 1 is 0.741 bits per heavy atom. The molecule has 0 saturated heterocycles. The first-order valence-electron chi connectivity index (χ1n) is 11.1. The smallest absolute Gasteiger partial charge is 0.0165 e. The number of fused-ring (bicyclic) bond motifs is 6. The van der Waals surface area contributed by atoms with Gasteiger partial charge in [0.05, 0.1) is 0 Å². The summed E-state index contributed by atoms with van der Waals surface area (Å²) in [4.78, 5) is 0. The maximum absolute atomic E-state index is 3.83. The van der Waals surface area contributed by atoms with Gasteiger partial charge in [-0.2, -0.15) is 0 Å². The molecule has 6 bridgehead atoms. The highest BCUT2D eigenvalue weighted by Crippen LogP contribution is 2.45. The van der Waals surface area contributed by atoms with Crippen molar-refractivity contribution in [3.63, 3.8) is 0 Å². The third kappa shape index (κ3) is 4.00. The van der Waals surface area contributed by atoms with E-state index in [0.29, 0.717) is 0 Å². The summed E-state index contributed by atoms with van der Waals surface area (Å²) in [6.07, 6.45) is 26.8. The van der Waals surface area contributed by atoms with Gasteiger partial charge in [0.15, 0.2) is 0 Å². The molecule has 0 amide bonds. The fourth-order valence-electron chi connectivity index (χ4n) is 6.27. The standard InChI is InChI=1S/3C9H12/c3*1-2-8-5-7-3-4-9(8)6-7/h2,7H,1,3-6H2;2*2-4,7-9H,1,5-6H2. The summed E-state index contributed by atoms with van der Waals surface area (Å²) >= 11 is 0. The fraction of sp³-hybridized carbons (Fsp3) is 0.556. The van der Waals surface area contributed by atoms with Gasteiger partial charge >= 0.3 is 0 Å². The summed E-state index contributed by atoms with van der Waals surface area (Å²) < 4.78 is 0. The molecule has 27 heavy (non-hydrogen) atoms. The minimum absolute atomic E-state index is 0.806. The Balaban J connectivity index is 0.0000001000. The first-order chi connectivity index (χ1) is 13.2. The third-order valence-electron chi connectivity index (χ3n) is 7.86. The van der Waals surface area contributed by atoms with Crippen LogP contribution in [0.3, 0.4) is 0 Å². The van der Waals surface area contributed by atoms with Crippen molar-refractivity contribution in [2.45, 2.75) is 51.4 Å². The van der Waals surface area contributed by atoms with E-state index < -0.39 is 0 Å². The summed E-state index contributed by atoms with van der Waals surface area (Å²) in [5.41, 5.74) is 3.27. The molecule has 144 valence electrons. The molecular weight excluding hydrogens is 324 g/mol. The van der Waals surface area contributed by atoms with E-state index in [2.05, 4.69) is 62.3 Å². The van der Waals surface area contributed by atoms with Crippen LogP contribution in [0.1, 0.15) is 51.4 Å². The van der Waals surface area contributed by atoms with Gasteiger partial charge in [0.1, 0.15) is 0 Å². The summed E-state index contributed by atoms with van der Waals surface area (Å²) in [7, 11) is 0. The highest BCUT2D eigenvalue weighted by Gasteiger charge is 2.34. The Kier molecular flexibility index (Phi) is 5.71. The van der Waals surface area contributed by atoms with E-state index >= 15 is 0 Å². The monoisotopic (exact) mass is 360 g/mol. The van der Waals surface area contributed by atoms with Gasteiger partial charge in [-0.3, -0.25) is 0 Å². The van der Waals surface area contributed by atoms with Gasteiger partial charge in [-0.1, -0.05) is 54.7 Å². The van der Waals surface area contributed by atoms with Crippen molar-refractivity contribution in [3.8, 4) is 0 Å². The van der Waals surface area contributed by atoms with Gasteiger partial charge in [-0.25, -0.2) is 0 Å². The van der Waals surface area contributed by atoms with Gasteiger partial charge in [-0.05, 0) is 98.4 Å². The average molecular weight is 361 g/mol. The Hall–Kier alpha value is -1.56. The van der Waals surface area contributed by atoms with Crippen LogP contribution in [0.4, 0.5) is 0 Å². The summed E-state index contributed by atoms with van der Waals surface area (Å²) in [6.45, 7) is 11.5. The number of hydrogen-bond acceptors (Lipinski definition) is 0. The van der Waals surface area contributed by atoms with Crippen LogP contribution in [-0.4, -0.2) is 0 Å². The van der Waals surface area contributed by atoms with Crippen LogP contribution in [0.15, 0.2) is 73.4 Å². The highest BCUT2D eigenvalue weighted by molar-refractivity contribution is 5.32. The second-order valence-corrected chi connectivity index (χ2v) is 9.51. The average Bonchev–Trinajstić information content (AvgIpc) is 3.54. The molecule has 0 aromatic rings. The molecule has 6 rings (SSSR count). The van der Waals surface area contributed by atoms with Crippen molar-refractivity contribution in [2.24, 2.45) is 41.4 Å². The molecular formula is C27H36. The Labute approximate surface area is 166 Å². The molecule has 0 N–H and O–H groups in total. The lowest BCUT2D eigenvalue weighted by Gasteiger charge is -2.11. The molecule has 0 nitrogen and oxygen atoms in total. The Bertz CT molecular complexity index is 634. The van der Waals surface area contributed by atoms with E-state index in [1.807, 2.05) is 0 Å². The molecule has 0 aliphatic heterocycles. The maximum atomic E-state index is 3.83. The normalized spacial score (nSPS) is 41.3. The van der Waals surface area contributed by atoms with Gasteiger partial charge in [0.25, 0.3) is 0 Å². The Morgan fingerprint density at radius 2 is 1.33 bits per heavy atom. The second-order valence-electron chi connectivity index (χ2n) is 9.51. The molecule has 0 aromatic heterocycles. The Morgan fingerprint density at radius 3 is 1.56 bits per heavy atom. The summed E-state index contributed by atoms with van der Waals surface area (Å²) in [5, 5.41) is 0. The van der Waals surface area contributed by atoms with Crippen LogP contribution < -0.4 is 0 Å². The zero-order valence-electron chi connectivity index (χ0n) is 16.9. The quantitative estimate of drug-likeness (QED) is 0.459. The van der Waals surface area contributed by atoms with E-state index in [1.54, 1.807) is 11.1 Å². The predicted molar refractivity (Wildman–Crippen MR) is 117 cm³/mol. The highest BCUT2D eigenvalue weighted by atomic mass is 14.4. The van der Waals surface area contributed by atoms with Crippen LogP contribution in [0, 0.1) is 41.4 Å². The zero-order valence-corrected chi connectivity index (χ0v) is 16.9. The van der Waals surface area contributed by atoms with E-state index in [1.165, 1.54) is 51.4 Å². The molecule has 6 aliphatic rings. The fourth-order valence-corrected chi connectivity index (χ4v) is 6.27. The molecule has 0 radical (unpaired) electrons. The SMILES string of the molecule is C=CC1=C2CCC(C1)C2.C=CC1CC2C=CC1C2.C=CC1CC2C=CC1C2. The summed E-state index contributed by atoms with van der Waals surface area (Å²) in [6, 6.07) is 0. The van der Waals surface area contributed by atoms with Crippen molar-refractivity contribution >= 4 is 0 Å². The van der Waals surface area contributed by atoms with Crippen molar-refractivity contribution in [1.29, 1.82) is 0 Å². The third-order valence-corrected chi connectivity index (χ3v) is 7.86. The van der Waals surface area contributed by atoms with Crippen LogP contribution >= 0.6 is 0 Å². The lowest BCUT2D eigenvalue weighted by Crippen LogP contribution is -2.01. The van der Waals surface area contributed by atoms with Gasteiger partial charge in [0.2, 0.25) is 0 Å². The lowest BCUT2D eigenvalue weighted by molar-refractivity contribution is 0.551. The van der Waals surface area contributed by atoms with Crippen molar-refractivity contribution in [1.82, 2.24) is 0 Å². The minimum Gasteiger partial charge on any atom is -0.103 e. The van der Waals surface area contributed by atoms with Gasteiger partial charge < -0.3 is 0 Å². The molecule has 6 aliphatic carbocycles. The first kappa shape index (κ1) is 18.8. The number of rotatable bonds is 3. The molecule has 7 unspecified atom stereocenters. The van der Waals surface area contributed by atoms with E-state index in [0.717, 1.165) is 41.4 Å². The van der Waals surface area contributed by atoms with Crippen LogP contribution in [0.5, 0.6) is 0 Å². The molecule has 3 fully saturated rings. The second kappa shape index (κ2) is 8.21. The van der Waals surface area contributed by atoms with Crippen LogP contribution in [-0.2, 0) is 0 Å². The van der Waals surface area contributed by atoms with E-state index in [9.17, 15) is 0 Å². The molecule has 0 aromatic carbocycles. The number of hydrogen-bond donors (Lipinski definition) is 0.